The van der Waals surface area contributed by atoms with Crippen molar-refractivity contribution in [2.75, 3.05) is 9.80 Å². The number of rotatable bonds is 7. The highest BCUT2D eigenvalue weighted by molar-refractivity contribution is 6.11. The van der Waals surface area contributed by atoms with Gasteiger partial charge in [-0.25, -0.2) is 0 Å². The highest BCUT2D eigenvalue weighted by Crippen LogP contribution is 2.62. The van der Waals surface area contributed by atoms with E-state index >= 15 is 0 Å². The maximum absolute atomic E-state index is 2.52. The van der Waals surface area contributed by atoms with Crippen LogP contribution in [0.15, 0.2) is 170 Å². The van der Waals surface area contributed by atoms with E-state index in [1.165, 1.54) is 133 Å². The van der Waals surface area contributed by atoms with Gasteiger partial charge in [-0.1, -0.05) is 180 Å². The highest BCUT2D eigenvalue weighted by Gasteiger charge is 2.46. The standard InChI is InChI=1S/C76H72N2/c1-44-37-61-70-66-48(17-15-18-58(44)66)39-49-40-56(41-63(67(49)70)75(61,11)12)77(54-33-25-50(26-34-54)72(3,4)5)52-29-21-46(22-30-52)47-23-31-53(32-24-47)78(55-35-27-51(28-36-55)73(6,7)8)57-42-64-69-65(43-57)76(13,14)62-38-45(2)59-19-16-20-60(74(64,9)10)68(59)71(62)69/h15-38,40-43H,39H2,1-14H3. The Hall–Kier alpha value is -7.68. The quantitative estimate of drug-likeness (QED) is 0.157. The van der Waals surface area contributed by atoms with E-state index in [2.05, 4.69) is 277 Å². The lowest BCUT2D eigenvalue weighted by Crippen LogP contribution is -2.25. The Kier molecular flexibility index (Phi) is 10.1. The van der Waals surface area contributed by atoms with E-state index in [1.54, 1.807) is 0 Å². The van der Waals surface area contributed by atoms with Gasteiger partial charge in [-0.15, -0.1) is 0 Å². The molecule has 0 amide bonds. The van der Waals surface area contributed by atoms with Crippen LogP contribution in [0.2, 0.25) is 0 Å². The van der Waals surface area contributed by atoms with Gasteiger partial charge in [0.15, 0.2) is 0 Å². The van der Waals surface area contributed by atoms with Crippen LogP contribution in [0, 0.1) is 13.8 Å². The van der Waals surface area contributed by atoms with Crippen LogP contribution in [0.5, 0.6) is 0 Å². The summed E-state index contributed by atoms with van der Waals surface area (Å²) in [6.45, 7) is 33.0. The first kappa shape index (κ1) is 48.7. The zero-order chi connectivity index (χ0) is 54.3. The molecule has 386 valence electrons. The molecule has 0 aliphatic heterocycles. The summed E-state index contributed by atoms with van der Waals surface area (Å²) in [5.74, 6) is 0. The Bertz CT molecular complexity index is 4190. The zero-order valence-electron chi connectivity index (χ0n) is 48.3. The fourth-order valence-electron chi connectivity index (χ4n) is 14.7. The first-order chi connectivity index (χ1) is 37.0. The number of anilines is 6. The van der Waals surface area contributed by atoms with E-state index in [4.69, 9.17) is 0 Å². The van der Waals surface area contributed by atoms with Crippen molar-refractivity contribution in [1.82, 2.24) is 0 Å². The van der Waals surface area contributed by atoms with Crippen LogP contribution in [0.3, 0.4) is 0 Å². The van der Waals surface area contributed by atoms with Gasteiger partial charge in [0, 0.05) is 50.4 Å². The van der Waals surface area contributed by atoms with E-state index in [-0.39, 0.29) is 27.1 Å². The summed E-state index contributed by atoms with van der Waals surface area (Å²) in [5.41, 5.74) is 31.6. The molecule has 0 fully saturated rings. The van der Waals surface area contributed by atoms with E-state index in [0.29, 0.717) is 0 Å². The van der Waals surface area contributed by atoms with Crippen LogP contribution in [-0.2, 0) is 33.5 Å². The summed E-state index contributed by atoms with van der Waals surface area (Å²) < 4.78 is 0. The molecule has 4 aliphatic rings. The van der Waals surface area contributed by atoms with Crippen molar-refractivity contribution in [3.05, 3.63) is 237 Å². The fraction of sp³-hybridized carbons (Fsp3) is 0.263. The monoisotopic (exact) mass is 1010 g/mol. The second kappa shape index (κ2) is 16.2. The first-order valence-corrected chi connectivity index (χ1v) is 28.5. The number of hydrogen-bond acceptors (Lipinski definition) is 2. The Morgan fingerprint density at radius 1 is 0.333 bits per heavy atom. The minimum Gasteiger partial charge on any atom is -0.310 e. The van der Waals surface area contributed by atoms with E-state index in [0.717, 1.165) is 29.2 Å². The third-order valence-corrected chi connectivity index (χ3v) is 19.2. The molecule has 0 aromatic heterocycles. The van der Waals surface area contributed by atoms with Gasteiger partial charge in [-0.3, -0.25) is 0 Å². The SMILES string of the molecule is Cc1cc2c3c4c(cccc14)Cc1cc(N(c4ccc(-c5ccc(N(c6ccc(C(C)(C)C)cc6)c6cc7c8c(c6)C(C)(C)c6cccc9c(C)cc(c-8c69)C7(C)C)cc5)cc4)c4ccc(C(C)(C)C)cc4)cc(c1-3)C2(C)C. The predicted octanol–water partition coefficient (Wildman–Crippen LogP) is 21.0. The van der Waals surface area contributed by atoms with Crippen molar-refractivity contribution in [2.24, 2.45) is 0 Å². The average Bonchev–Trinajstić information content (AvgIpc) is 3.90. The van der Waals surface area contributed by atoms with Crippen LogP contribution in [-0.4, -0.2) is 0 Å². The van der Waals surface area contributed by atoms with Crippen molar-refractivity contribution >= 4 is 55.7 Å². The molecule has 2 nitrogen and oxygen atoms in total. The lowest BCUT2D eigenvalue weighted by Gasteiger charge is -2.37. The topological polar surface area (TPSA) is 6.48 Å². The third-order valence-electron chi connectivity index (χ3n) is 19.2. The van der Waals surface area contributed by atoms with Gasteiger partial charge in [-0.05, 0) is 226 Å². The molecule has 0 atom stereocenters. The van der Waals surface area contributed by atoms with Gasteiger partial charge >= 0.3 is 0 Å². The fourth-order valence-corrected chi connectivity index (χ4v) is 14.7. The second-order valence-corrected chi connectivity index (χ2v) is 27.2. The van der Waals surface area contributed by atoms with Crippen LogP contribution in [0.25, 0.3) is 54.9 Å². The van der Waals surface area contributed by atoms with Gasteiger partial charge in [0.1, 0.15) is 0 Å². The largest absolute Gasteiger partial charge is 0.310 e. The average molecular weight is 1010 g/mol. The van der Waals surface area contributed by atoms with Gasteiger partial charge in [0.2, 0.25) is 0 Å². The van der Waals surface area contributed by atoms with Crippen LogP contribution >= 0.6 is 0 Å². The smallest absolute Gasteiger partial charge is 0.0468 e. The molecule has 4 aliphatic carbocycles. The van der Waals surface area contributed by atoms with Crippen LogP contribution < -0.4 is 9.80 Å². The maximum atomic E-state index is 2.52. The number of hydrogen-bond donors (Lipinski definition) is 0. The van der Waals surface area contributed by atoms with E-state index in [1.807, 2.05) is 0 Å². The normalized spacial score (nSPS) is 15.6. The molecule has 78 heavy (non-hydrogen) atoms. The lowest BCUT2D eigenvalue weighted by atomic mass is 9.68. The molecule has 0 saturated heterocycles. The minimum atomic E-state index is -0.195. The summed E-state index contributed by atoms with van der Waals surface area (Å²) in [6, 6.07) is 66.1. The van der Waals surface area contributed by atoms with Crippen LogP contribution in [0.4, 0.5) is 34.1 Å². The van der Waals surface area contributed by atoms with Gasteiger partial charge in [-0.2, -0.15) is 0 Å². The van der Waals surface area contributed by atoms with Crippen molar-refractivity contribution in [3.63, 3.8) is 0 Å². The maximum Gasteiger partial charge on any atom is 0.0468 e. The van der Waals surface area contributed by atoms with Crippen molar-refractivity contribution < 1.29 is 0 Å². The Balaban J connectivity index is 0.866. The molecule has 0 spiro atoms. The molecule has 0 unspecified atom stereocenters. The molecular formula is C76H72N2. The van der Waals surface area contributed by atoms with E-state index < -0.39 is 0 Å². The Morgan fingerprint density at radius 3 is 1.17 bits per heavy atom. The molecule has 10 aromatic carbocycles. The lowest BCUT2D eigenvalue weighted by molar-refractivity contribution is 0.590. The summed E-state index contributed by atoms with van der Waals surface area (Å²) in [7, 11) is 0. The van der Waals surface area contributed by atoms with Crippen LogP contribution in [0.1, 0.15) is 150 Å². The number of aryl methyl sites for hydroxylation is 2. The summed E-state index contributed by atoms with van der Waals surface area (Å²) in [5, 5.41) is 5.68. The molecule has 0 saturated carbocycles. The zero-order valence-corrected chi connectivity index (χ0v) is 48.3. The van der Waals surface area contributed by atoms with Crippen molar-refractivity contribution in [2.45, 2.75) is 130 Å². The number of benzene rings is 10. The predicted molar refractivity (Wildman–Crippen MR) is 333 cm³/mol. The Labute approximate surface area is 463 Å². The second-order valence-electron chi connectivity index (χ2n) is 27.2. The summed E-state index contributed by atoms with van der Waals surface area (Å²) in [4.78, 5) is 4.99. The van der Waals surface area contributed by atoms with Gasteiger partial charge < -0.3 is 9.80 Å². The summed E-state index contributed by atoms with van der Waals surface area (Å²) >= 11 is 0. The first-order valence-electron chi connectivity index (χ1n) is 28.5. The molecule has 0 N–H and O–H groups in total. The molecular weight excluding hydrogens is 941 g/mol. The van der Waals surface area contributed by atoms with Gasteiger partial charge in [0.05, 0.1) is 0 Å². The molecule has 0 heterocycles. The molecule has 14 rings (SSSR count). The van der Waals surface area contributed by atoms with E-state index in [9.17, 15) is 0 Å². The van der Waals surface area contributed by atoms with Gasteiger partial charge in [0.25, 0.3) is 0 Å². The molecule has 2 heteroatoms. The minimum absolute atomic E-state index is 0.0445. The number of nitrogens with zero attached hydrogens (tertiary/aromatic N) is 2. The summed E-state index contributed by atoms with van der Waals surface area (Å²) in [6.07, 6.45) is 0.931. The Morgan fingerprint density at radius 2 is 0.705 bits per heavy atom. The highest BCUT2D eigenvalue weighted by atomic mass is 15.1. The molecule has 0 radical (unpaired) electrons. The van der Waals surface area contributed by atoms with Crippen molar-refractivity contribution in [3.8, 4) is 33.4 Å². The van der Waals surface area contributed by atoms with Crippen molar-refractivity contribution in [1.29, 1.82) is 0 Å². The molecule has 0 bridgehead atoms. The molecule has 10 aromatic rings. The third kappa shape index (κ3) is 6.87.